The lowest BCUT2D eigenvalue weighted by Gasteiger charge is -2.18. The maximum Gasteiger partial charge on any atom is 0.358 e. The molecule has 3 heterocycles. The number of pyridine rings is 1. The minimum atomic E-state index is -1.03. The summed E-state index contributed by atoms with van der Waals surface area (Å²) in [7, 11) is 2.12. The van der Waals surface area contributed by atoms with Gasteiger partial charge < -0.3 is 14.7 Å². The highest BCUT2D eigenvalue weighted by Gasteiger charge is 2.23. The Labute approximate surface area is 123 Å². The van der Waals surface area contributed by atoms with E-state index in [-0.39, 0.29) is 11.6 Å². The molecule has 1 atom stereocenters. The van der Waals surface area contributed by atoms with Crippen LogP contribution in [-0.2, 0) is 0 Å². The van der Waals surface area contributed by atoms with Crippen LogP contribution < -0.4 is 4.74 Å². The molecule has 1 aliphatic heterocycles. The van der Waals surface area contributed by atoms with Crippen molar-refractivity contribution in [3.05, 3.63) is 30.1 Å². The van der Waals surface area contributed by atoms with Crippen LogP contribution >= 0.6 is 0 Å². The van der Waals surface area contributed by atoms with Crippen LogP contribution in [0.25, 0.3) is 5.65 Å². The average molecular weight is 289 g/mol. The molecule has 3 rings (SSSR count). The van der Waals surface area contributed by atoms with E-state index < -0.39 is 5.97 Å². The molecule has 1 aliphatic rings. The predicted molar refractivity (Wildman–Crippen MR) is 77.9 cm³/mol. The molecule has 21 heavy (non-hydrogen) atoms. The monoisotopic (exact) mass is 289 g/mol. The third-order valence-corrected chi connectivity index (χ3v) is 4.06. The van der Waals surface area contributed by atoms with Crippen molar-refractivity contribution in [1.29, 1.82) is 0 Å². The van der Waals surface area contributed by atoms with Crippen LogP contribution in [0.4, 0.5) is 0 Å². The second kappa shape index (κ2) is 5.73. The molecule has 2 aromatic rings. The van der Waals surface area contributed by atoms with Gasteiger partial charge in [0.05, 0.1) is 6.61 Å². The number of carboxylic acids is 1. The van der Waals surface area contributed by atoms with Crippen molar-refractivity contribution in [3.63, 3.8) is 0 Å². The minimum Gasteiger partial charge on any atom is -0.476 e. The highest BCUT2D eigenvalue weighted by atomic mass is 16.5. The third-order valence-electron chi connectivity index (χ3n) is 4.06. The molecular weight excluding hydrogens is 270 g/mol. The van der Waals surface area contributed by atoms with Crippen LogP contribution in [0.5, 0.6) is 5.88 Å². The van der Waals surface area contributed by atoms with Crippen molar-refractivity contribution < 1.29 is 14.6 Å². The first-order valence-electron chi connectivity index (χ1n) is 7.20. The first-order valence-corrected chi connectivity index (χ1v) is 7.20. The van der Waals surface area contributed by atoms with Crippen LogP contribution in [-0.4, -0.2) is 51.6 Å². The normalized spacial score (nSPS) is 19.2. The van der Waals surface area contributed by atoms with Crippen molar-refractivity contribution >= 4 is 11.6 Å². The fourth-order valence-corrected chi connectivity index (χ4v) is 2.91. The third kappa shape index (κ3) is 2.71. The van der Waals surface area contributed by atoms with Gasteiger partial charge in [0.25, 0.3) is 0 Å². The molecule has 1 N–H and O–H groups in total. The molecule has 0 radical (unpaired) electrons. The van der Waals surface area contributed by atoms with Gasteiger partial charge in [-0.3, -0.25) is 4.40 Å². The quantitative estimate of drug-likeness (QED) is 0.910. The Bertz CT molecular complexity index is 653. The number of likely N-dealkylation sites (tertiary alicyclic amines) is 1. The number of hydrogen-bond donors (Lipinski definition) is 1. The van der Waals surface area contributed by atoms with Crippen molar-refractivity contribution in [2.75, 3.05) is 20.2 Å². The Hall–Kier alpha value is -2.08. The molecule has 112 valence electrons. The standard InChI is InChI=1S/C15H19N3O3/c1-17-8-4-5-11(17)7-10-21-14-13(15(19)20)18-9-3-2-6-12(18)16-14/h2-3,6,9,11H,4-5,7-8,10H2,1H3,(H,19,20). The summed E-state index contributed by atoms with van der Waals surface area (Å²) < 4.78 is 7.20. The zero-order valence-electron chi connectivity index (χ0n) is 12.0. The van der Waals surface area contributed by atoms with Gasteiger partial charge in [0.2, 0.25) is 5.88 Å². The van der Waals surface area contributed by atoms with Gasteiger partial charge in [-0.15, -0.1) is 0 Å². The highest BCUT2D eigenvalue weighted by Crippen LogP contribution is 2.22. The van der Waals surface area contributed by atoms with Crippen LogP contribution in [0.2, 0.25) is 0 Å². The van der Waals surface area contributed by atoms with E-state index in [1.807, 2.05) is 6.07 Å². The second-order valence-electron chi connectivity index (χ2n) is 5.41. The van der Waals surface area contributed by atoms with Crippen molar-refractivity contribution in [1.82, 2.24) is 14.3 Å². The van der Waals surface area contributed by atoms with Gasteiger partial charge in [-0.1, -0.05) is 6.07 Å². The zero-order valence-corrected chi connectivity index (χ0v) is 12.0. The van der Waals surface area contributed by atoms with E-state index in [1.165, 1.54) is 12.8 Å². The number of nitrogens with zero attached hydrogens (tertiary/aromatic N) is 3. The molecule has 0 aromatic carbocycles. The Morgan fingerprint density at radius 3 is 3.10 bits per heavy atom. The fourth-order valence-electron chi connectivity index (χ4n) is 2.91. The van der Waals surface area contributed by atoms with Crippen LogP contribution in [0.1, 0.15) is 29.8 Å². The van der Waals surface area contributed by atoms with Gasteiger partial charge in [-0.2, -0.15) is 4.98 Å². The molecule has 0 amide bonds. The van der Waals surface area contributed by atoms with E-state index in [0.29, 0.717) is 18.3 Å². The minimum absolute atomic E-state index is 0.0883. The molecule has 6 nitrogen and oxygen atoms in total. The summed E-state index contributed by atoms with van der Waals surface area (Å²) in [6, 6.07) is 5.89. The number of ether oxygens (including phenoxy) is 1. The number of aromatic nitrogens is 2. The van der Waals surface area contributed by atoms with E-state index >= 15 is 0 Å². The maximum atomic E-state index is 11.4. The topological polar surface area (TPSA) is 67.1 Å². The Balaban J connectivity index is 1.74. The molecule has 1 unspecified atom stereocenters. The van der Waals surface area contributed by atoms with Crippen LogP contribution in [0, 0.1) is 0 Å². The molecule has 0 aliphatic carbocycles. The lowest BCUT2D eigenvalue weighted by atomic mass is 10.1. The van der Waals surface area contributed by atoms with Gasteiger partial charge >= 0.3 is 5.97 Å². The highest BCUT2D eigenvalue weighted by molar-refractivity contribution is 5.89. The molecule has 0 bridgehead atoms. The van der Waals surface area contributed by atoms with E-state index in [9.17, 15) is 9.90 Å². The van der Waals surface area contributed by atoms with E-state index in [2.05, 4.69) is 16.9 Å². The molecule has 2 aromatic heterocycles. The van der Waals surface area contributed by atoms with Gasteiger partial charge in [-0.25, -0.2) is 4.79 Å². The summed E-state index contributed by atoms with van der Waals surface area (Å²) in [5, 5.41) is 9.36. The Morgan fingerprint density at radius 1 is 1.52 bits per heavy atom. The maximum absolute atomic E-state index is 11.4. The average Bonchev–Trinajstić information content (AvgIpc) is 3.02. The number of imidazole rings is 1. The van der Waals surface area contributed by atoms with E-state index in [4.69, 9.17) is 4.74 Å². The predicted octanol–water partition coefficient (Wildman–Crippen LogP) is 1.90. The van der Waals surface area contributed by atoms with Gasteiger partial charge in [0.15, 0.2) is 5.69 Å². The summed E-state index contributed by atoms with van der Waals surface area (Å²) in [6.45, 7) is 1.61. The van der Waals surface area contributed by atoms with Gasteiger partial charge in [-0.05, 0) is 45.0 Å². The number of carboxylic acid groups (broad SMARTS) is 1. The summed E-state index contributed by atoms with van der Waals surface area (Å²) >= 11 is 0. The lowest BCUT2D eigenvalue weighted by molar-refractivity contribution is 0.0683. The zero-order chi connectivity index (χ0) is 14.8. The SMILES string of the molecule is CN1CCCC1CCOc1nc2ccccn2c1C(=O)O. The first-order chi connectivity index (χ1) is 10.2. The molecule has 0 spiro atoms. The summed E-state index contributed by atoms with van der Waals surface area (Å²) in [5.41, 5.74) is 0.674. The number of aromatic carboxylic acids is 1. The van der Waals surface area contributed by atoms with Crippen molar-refractivity contribution in [2.45, 2.75) is 25.3 Å². The molecule has 0 saturated carbocycles. The number of rotatable bonds is 5. The van der Waals surface area contributed by atoms with Gasteiger partial charge in [0, 0.05) is 12.2 Å². The van der Waals surface area contributed by atoms with Gasteiger partial charge in [0.1, 0.15) is 5.65 Å². The molecule has 6 heteroatoms. The summed E-state index contributed by atoms with van der Waals surface area (Å²) in [4.78, 5) is 18.0. The Kier molecular flexibility index (Phi) is 3.79. The molecular formula is C15H19N3O3. The number of carbonyl (C=O) groups is 1. The summed E-state index contributed by atoms with van der Waals surface area (Å²) in [6.07, 6.45) is 4.97. The van der Waals surface area contributed by atoms with Crippen LogP contribution in [0.15, 0.2) is 24.4 Å². The van der Waals surface area contributed by atoms with E-state index in [0.717, 1.165) is 13.0 Å². The summed E-state index contributed by atoms with van der Waals surface area (Å²) in [5.74, 6) is -0.823. The van der Waals surface area contributed by atoms with Crippen LogP contribution in [0.3, 0.4) is 0 Å². The number of hydrogen-bond acceptors (Lipinski definition) is 4. The fraction of sp³-hybridized carbons (Fsp3) is 0.467. The number of fused-ring (bicyclic) bond motifs is 1. The molecule has 1 saturated heterocycles. The van der Waals surface area contributed by atoms with Crippen molar-refractivity contribution in [3.8, 4) is 5.88 Å². The smallest absolute Gasteiger partial charge is 0.358 e. The van der Waals surface area contributed by atoms with Crippen molar-refractivity contribution in [2.24, 2.45) is 0 Å². The largest absolute Gasteiger partial charge is 0.476 e. The first kappa shape index (κ1) is 13.9. The van der Waals surface area contributed by atoms with E-state index in [1.54, 1.807) is 22.7 Å². The lowest BCUT2D eigenvalue weighted by Crippen LogP contribution is -2.26. The Morgan fingerprint density at radius 2 is 2.38 bits per heavy atom. The molecule has 1 fully saturated rings. The second-order valence-corrected chi connectivity index (χ2v) is 5.41.